The third kappa shape index (κ3) is 4.39. The van der Waals surface area contributed by atoms with Crippen molar-refractivity contribution in [2.75, 3.05) is 11.3 Å². The number of rotatable bonds is 5. The van der Waals surface area contributed by atoms with Crippen LogP contribution in [0.15, 0.2) is 18.2 Å². The van der Waals surface area contributed by atoms with Crippen LogP contribution in [0.2, 0.25) is 0 Å². The molecule has 0 heterocycles. The molecule has 10 heteroatoms. The second-order valence-electron chi connectivity index (χ2n) is 3.42. The van der Waals surface area contributed by atoms with Crippen LogP contribution in [-0.4, -0.2) is 32.2 Å². The van der Waals surface area contributed by atoms with Gasteiger partial charge >= 0.3 is 22.3 Å². The number of ether oxygens (including phenoxy) is 1. The fraction of sp³-hybridized carbons (Fsp3) is 0.200. The van der Waals surface area contributed by atoms with Crippen LogP contribution >= 0.6 is 0 Å². The lowest BCUT2D eigenvalue weighted by Crippen LogP contribution is -2.36. The molecule has 0 aliphatic carbocycles. The van der Waals surface area contributed by atoms with Gasteiger partial charge in [-0.2, -0.15) is 8.42 Å². The molecule has 1 rings (SSSR count). The molecule has 0 aliphatic heterocycles. The number of carbonyl (C=O) groups is 2. The standard InChI is InChI=1S/C10H11FN2O6S/c1-2-19-10(16)13-20(17,18)12-8-5-6(11)3-4-7(8)9(14)15/h3-5,12H,2H2,1H3,(H,13,16)(H,14,15). The number of carbonyl (C=O) groups excluding carboxylic acids is 1. The highest BCUT2D eigenvalue weighted by Crippen LogP contribution is 2.18. The van der Waals surface area contributed by atoms with Gasteiger partial charge in [-0.05, 0) is 25.1 Å². The van der Waals surface area contributed by atoms with Gasteiger partial charge < -0.3 is 9.84 Å². The van der Waals surface area contributed by atoms with E-state index in [1.165, 1.54) is 11.6 Å². The monoisotopic (exact) mass is 306 g/mol. The number of amides is 1. The Hall–Kier alpha value is -2.36. The van der Waals surface area contributed by atoms with Crippen LogP contribution in [0.5, 0.6) is 0 Å². The molecule has 0 saturated heterocycles. The van der Waals surface area contributed by atoms with E-state index < -0.39 is 39.3 Å². The van der Waals surface area contributed by atoms with Gasteiger partial charge in [0.2, 0.25) is 0 Å². The molecule has 0 atom stereocenters. The van der Waals surface area contributed by atoms with Crippen molar-refractivity contribution in [1.82, 2.24) is 4.72 Å². The predicted octanol–water partition coefficient (Wildman–Crippen LogP) is 0.927. The fourth-order valence-electron chi connectivity index (χ4n) is 1.23. The Kier molecular flexibility index (Phi) is 4.86. The van der Waals surface area contributed by atoms with Gasteiger partial charge in [-0.25, -0.2) is 18.7 Å². The number of carboxylic acids is 1. The molecule has 1 amide bonds. The van der Waals surface area contributed by atoms with E-state index in [0.717, 1.165) is 12.1 Å². The first-order valence-electron chi connectivity index (χ1n) is 5.25. The lowest BCUT2D eigenvalue weighted by Gasteiger charge is -2.11. The van der Waals surface area contributed by atoms with Crippen LogP contribution in [0.3, 0.4) is 0 Å². The summed E-state index contributed by atoms with van der Waals surface area (Å²) in [6.07, 6.45) is -1.24. The molecule has 20 heavy (non-hydrogen) atoms. The van der Waals surface area contributed by atoms with Crippen LogP contribution in [0.25, 0.3) is 0 Å². The van der Waals surface area contributed by atoms with E-state index in [1.807, 2.05) is 0 Å². The van der Waals surface area contributed by atoms with Gasteiger partial charge in [-0.1, -0.05) is 0 Å². The van der Waals surface area contributed by atoms with Crippen molar-refractivity contribution in [3.8, 4) is 0 Å². The highest BCUT2D eigenvalue weighted by atomic mass is 32.2. The van der Waals surface area contributed by atoms with Gasteiger partial charge in [-0.15, -0.1) is 0 Å². The minimum atomic E-state index is -4.43. The quantitative estimate of drug-likeness (QED) is 0.743. The van der Waals surface area contributed by atoms with Gasteiger partial charge in [0.1, 0.15) is 5.82 Å². The first-order valence-corrected chi connectivity index (χ1v) is 6.73. The van der Waals surface area contributed by atoms with Gasteiger partial charge in [0, 0.05) is 0 Å². The minimum Gasteiger partial charge on any atom is -0.478 e. The molecule has 0 fully saturated rings. The normalized spacial score (nSPS) is 10.7. The molecule has 0 aromatic heterocycles. The molecular formula is C10H11FN2O6S. The van der Waals surface area contributed by atoms with E-state index in [9.17, 15) is 22.4 Å². The second kappa shape index (κ2) is 6.19. The van der Waals surface area contributed by atoms with Gasteiger partial charge in [0.05, 0.1) is 17.9 Å². The van der Waals surface area contributed by atoms with Crippen LogP contribution in [0.1, 0.15) is 17.3 Å². The van der Waals surface area contributed by atoms with E-state index in [0.29, 0.717) is 6.07 Å². The second-order valence-corrected chi connectivity index (χ2v) is 4.84. The zero-order chi connectivity index (χ0) is 15.3. The third-order valence-corrected chi connectivity index (χ3v) is 2.87. The average Bonchev–Trinajstić information content (AvgIpc) is 2.26. The zero-order valence-corrected chi connectivity index (χ0v) is 11.0. The van der Waals surface area contributed by atoms with Gasteiger partial charge in [0.15, 0.2) is 0 Å². The maximum absolute atomic E-state index is 13.0. The Morgan fingerprint density at radius 1 is 1.40 bits per heavy atom. The van der Waals surface area contributed by atoms with Crippen LogP contribution in [-0.2, 0) is 14.9 Å². The maximum Gasteiger partial charge on any atom is 0.422 e. The number of hydrogen-bond acceptors (Lipinski definition) is 5. The number of anilines is 1. The van der Waals surface area contributed by atoms with E-state index in [2.05, 4.69) is 4.74 Å². The van der Waals surface area contributed by atoms with Crippen molar-refractivity contribution in [2.45, 2.75) is 6.92 Å². The summed E-state index contributed by atoms with van der Waals surface area (Å²) in [4.78, 5) is 21.9. The maximum atomic E-state index is 13.0. The Morgan fingerprint density at radius 3 is 2.60 bits per heavy atom. The number of carboxylic acid groups (broad SMARTS) is 1. The van der Waals surface area contributed by atoms with Crippen LogP contribution < -0.4 is 9.44 Å². The van der Waals surface area contributed by atoms with Crippen molar-refractivity contribution >= 4 is 28.0 Å². The molecule has 0 unspecified atom stereocenters. The Labute approximate surface area is 113 Å². The predicted molar refractivity (Wildman–Crippen MR) is 66.1 cm³/mol. The number of benzene rings is 1. The van der Waals surface area contributed by atoms with Gasteiger partial charge in [0.25, 0.3) is 0 Å². The Bertz CT molecular complexity index is 631. The van der Waals surface area contributed by atoms with E-state index >= 15 is 0 Å². The smallest absolute Gasteiger partial charge is 0.422 e. The van der Waals surface area contributed by atoms with E-state index in [1.54, 1.807) is 4.72 Å². The number of halogens is 1. The minimum absolute atomic E-state index is 0.0539. The summed E-state index contributed by atoms with van der Waals surface area (Å²) in [5.41, 5.74) is -0.991. The summed E-state index contributed by atoms with van der Waals surface area (Å²) in [6, 6.07) is 2.42. The molecular weight excluding hydrogens is 295 g/mol. The summed E-state index contributed by atoms with van der Waals surface area (Å²) in [7, 11) is -4.43. The summed E-state index contributed by atoms with van der Waals surface area (Å²) in [6.45, 7) is 1.41. The summed E-state index contributed by atoms with van der Waals surface area (Å²) in [5.74, 6) is -2.30. The number of hydrogen-bond donors (Lipinski definition) is 3. The van der Waals surface area contributed by atoms with E-state index in [4.69, 9.17) is 5.11 Å². The topological polar surface area (TPSA) is 122 Å². The summed E-state index contributed by atoms with van der Waals surface area (Å²) < 4.78 is 43.7. The highest BCUT2D eigenvalue weighted by molar-refractivity contribution is 7.91. The molecule has 110 valence electrons. The molecule has 3 N–H and O–H groups in total. The van der Waals surface area contributed by atoms with E-state index in [-0.39, 0.29) is 6.61 Å². The molecule has 8 nitrogen and oxygen atoms in total. The van der Waals surface area contributed by atoms with Crippen molar-refractivity contribution in [3.63, 3.8) is 0 Å². The molecule has 0 radical (unpaired) electrons. The average molecular weight is 306 g/mol. The molecule has 0 bridgehead atoms. The number of aromatic carboxylic acids is 1. The van der Waals surface area contributed by atoms with Crippen molar-refractivity contribution < 1.29 is 32.2 Å². The molecule has 0 aliphatic rings. The third-order valence-electron chi connectivity index (χ3n) is 1.95. The first kappa shape index (κ1) is 15.7. The zero-order valence-electron chi connectivity index (χ0n) is 10.2. The molecule has 0 saturated carbocycles. The number of nitrogens with one attached hydrogen (secondary N) is 2. The fourth-order valence-corrected chi connectivity index (χ4v) is 2.02. The van der Waals surface area contributed by atoms with Crippen molar-refractivity contribution in [3.05, 3.63) is 29.6 Å². The van der Waals surface area contributed by atoms with Crippen LogP contribution in [0.4, 0.5) is 14.9 Å². The lowest BCUT2D eigenvalue weighted by molar-refractivity contribution is 0.0698. The van der Waals surface area contributed by atoms with Crippen LogP contribution in [0, 0.1) is 5.82 Å². The van der Waals surface area contributed by atoms with Crippen molar-refractivity contribution in [2.24, 2.45) is 0 Å². The molecule has 1 aromatic rings. The molecule has 0 spiro atoms. The van der Waals surface area contributed by atoms with Gasteiger partial charge in [-0.3, -0.25) is 4.72 Å². The summed E-state index contributed by atoms with van der Waals surface area (Å²) >= 11 is 0. The summed E-state index contributed by atoms with van der Waals surface area (Å²) in [5, 5.41) is 8.85. The Morgan fingerprint density at radius 2 is 2.05 bits per heavy atom. The lowest BCUT2D eigenvalue weighted by atomic mass is 10.2. The highest BCUT2D eigenvalue weighted by Gasteiger charge is 2.19. The largest absolute Gasteiger partial charge is 0.478 e. The van der Waals surface area contributed by atoms with Crippen molar-refractivity contribution in [1.29, 1.82) is 0 Å². The Balaban J connectivity index is 3.00. The first-order chi connectivity index (χ1) is 9.25. The SMILES string of the molecule is CCOC(=O)NS(=O)(=O)Nc1cc(F)ccc1C(=O)O. The molecule has 1 aromatic carbocycles.